The predicted molar refractivity (Wildman–Crippen MR) is 91.5 cm³/mol. The molecule has 1 aliphatic heterocycles. The molecule has 0 saturated carbocycles. The van der Waals surface area contributed by atoms with Gasteiger partial charge in [0.1, 0.15) is 5.75 Å². The summed E-state index contributed by atoms with van der Waals surface area (Å²) in [5, 5.41) is 2.73. The molecule has 0 aromatic heterocycles. The number of hydrogen-bond acceptors (Lipinski definition) is 5. The predicted octanol–water partition coefficient (Wildman–Crippen LogP) is 3.17. The summed E-state index contributed by atoms with van der Waals surface area (Å²) in [7, 11) is 1.52. The van der Waals surface area contributed by atoms with Gasteiger partial charge in [-0.05, 0) is 30.5 Å². The van der Waals surface area contributed by atoms with Crippen molar-refractivity contribution in [3.05, 3.63) is 60.2 Å². The van der Waals surface area contributed by atoms with Gasteiger partial charge in [-0.15, -0.1) is 0 Å². The zero-order valence-corrected chi connectivity index (χ0v) is 13.8. The van der Waals surface area contributed by atoms with Gasteiger partial charge >= 0.3 is 6.16 Å². The maximum atomic E-state index is 12.5. The molecule has 2 atom stereocenters. The zero-order chi connectivity index (χ0) is 17.6. The molecule has 3 rings (SSSR count). The summed E-state index contributed by atoms with van der Waals surface area (Å²) in [4.78, 5) is 24.0. The molecule has 0 bridgehead atoms. The molecule has 1 amide bonds. The Morgan fingerprint density at radius 1 is 1.08 bits per heavy atom. The Kier molecular flexibility index (Phi) is 5.18. The number of para-hydroxylation sites is 2. The molecule has 0 spiro atoms. The van der Waals surface area contributed by atoms with E-state index in [0.717, 1.165) is 5.56 Å². The number of methoxy groups -OCH3 is 1. The first kappa shape index (κ1) is 16.8. The Balaban J connectivity index is 1.66. The Morgan fingerprint density at radius 3 is 2.56 bits per heavy atom. The lowest BCUT2D eigenvalue weighted by Gasteiger charge is -2.16. The molecule has 6 heteroatoms. The van der Waals surface area contributed by atoms with Gasteiger partial charge in [0.15, 0.2) is 6.10 Å². The average molecular weight is 341 g/mol. The van der Waals surface area contributed by atoms with Gasteiger partial charge in [-0.25, -0.2) is 4.79 Å². The SMILES string of the molecule is COc1ccccc1NC(=O)[C@@H]1OC(=O)O[C@H]1CCc1ccccc1. The summed E-state index contributed by atoms with van der Waals surface area (Å²) < 4.78 is 15.4. The second-order valence-corrected chi connectivity index (χ2v) is 5.66. The highest BCUT2D eigenvalue weighted by atomic mass is 16.8. The van der Waals surface area contributed by atoms with Crippen molar-refractivity contribution in [2.24, 2.45) is 0 Å². The minimum Gasteiger partial charge on any atom is -0.495 e. The summed E-state index contributed by atoms with van der Waals surface area (Å²) in [5.41, 5.74) is 1.62. The Hall–Kier alpha value is -3.02. The molecule has 1 N–H and O–H groups in total. The smallest absolute Gasteiger partial charge is 0.495 e. The third kappa shape index (κ3) is 4.09. The van der Waals surface area contributed by atoms with Gasteiger partial charge in [0.25, 0.3) is 5.91 Å². The maximum absolute atomic E-state index is 12.5. The Bertz CT molecular complexity index is 746. The van der Waals surface area contributed by atoms with Crippen molar-refractivity contribution in [2.45, 2.75) is 25.0 Å². The lowest BCUT2D eigenvalue weighted by molar-refractivity contribution is -0.124. The topological polar surface area (TPSA) is 73.9 Å². The van der Waals surface area contributed by atoms with Crippen molar-refractivity contribution in [1.29, 1.82) is 0 Å². The van der Waals surface area contributed by atoms with Crippen LogP contribution in [0.3, 0.4) is 0 Å². The fourth-order valence-electron chi connectivity index (χ4n) is 2.73. The van der Waals surface area contributed by atoms with E-state index >= 15 is 0 Å². The molecule has 1 saturated heterocycles. The first-order valence-electron chi connectivity index (χ1n) is 8.02. The molecule has 130 valence electrons. The lowest BCUT2D eigenvalue weighted by Crippen LogP contribution is -2.36. The molecule has 1 fully saturated rings. The number of cyclic esters (lactones) is 2. The number of hydrogen-bond donors (Lipinski definition) is 1. The second-order valence-electron chi connectivity index (χ2n) is 5.66. The second kappa shape index (κ2) is 7.70. The fourth-order valence-corrected chi connectivity index (χ4v) is 2.73. The quantitative estimate of drug-likeness (QED) is 0.817. The van der Waals surface area contributed by atoms with Crippen molar-refractivity contribution in [3.63, 3.8) is 0 Å². The molecule has 2 aromatic carbocycles. The minimum atomic E-state index is -0.985. The van der Waals surface area contributed by atoms with E-state index in [4.69, 9.17) is 14.2 Å². The number of aryl methyl sites for hydroxylation is 1. The molecular formula is C19H19NO5. The van der Waals surface area contributed by atoms with Gasteiger partial charge in [0.2, 0.25) is 6.10 Å². The van der Waals surface area contributed by atoms with E-state index in [0.29, 0.717) is 24.3 Å². The van der Waals surface area contributed by atoms with Crippen molar-refractivity contribution >= 4 is 17.7 Å². The Labute approximate surface area is 145 Å². The van der Waals surface area contributed by atoms with Crippen LogP contribution in [0.25, 0.3) is 0 Å². The van der Waals surface area contributed by atoms with E-state index in [-0.39, 0.29) is 0 Å². The third-order valence-electron chi connectivity index (χ3n) is 3.99. The van der Waals surface area contributed by atoms with Gasteiger partial charge in [-0.2, -0.15) is 0 Å². The number of anilines is 1. The summed E-state index contributed by atoms with van der Waals surface area (Å²) in [6.07, 6.45) is -1.25. The zero-order valence-electron chi connectivity index (χ0n) is 13.8. The van der Waals surface area contributed by atoms with Crippen LogP contribution in [-0.2, 0) is 20.7 Å². The summed E-state index contributed by atoms with van der Waals surface area (Å²) >= 11 is 0. The first-order chi connectivity index (χ1) is 12.2. The van der Waals surface area contributed by atoms with Crippen LogP contribution in [0.5, 0.6) is 5.75 Å². The van der Waals surface area contributed by atoms with Crippen LogP contribution in [0.2, 0.25) is 0 Å². The van der Waals surface area contributed by atoms with E-state index < -0.39 is 24.3 Å². The summed E-state index contributed by atoms with van der Waals surface area (Å²) in [6, 6.07) is 16.8. The molecule has 0 unspecified atom stereocenters. The van der Waals surface area contributed by atoms with Crippen LogP contribution in [0.15, 0.2) is 54.6 Å². The van der Waals surface area contributed by atoms with E-state index in [1.165, 1.54) is 7.11 Å². The molecule has 1 heterocycles. The van der Waals surface area contributed by atoms with Crippen molar-refractivity contribution in [2.75, 3.05) is 12.4 Å². The third-order valence-corrected chi connectivity index (χ3v) is 3.99. The van der Waals surface area contributed by atoms with Gasteiger partial charge < -0.3 is 19.5 Å². The van der Waals surface area contributed by atoms with Gasteiger partial charge in [0, 0.05) is 0 Å². The fraction of sp³-hybridized carbons (Fsp3) is 0.263. The summed E-state index contributed by atoms with van der Waals surface area (Å²) in [5.74, 6) is 0.0929. The van der Waals surface area contributed by atoms with Crippen LogP contribution >= 0.6 is 0 Å². The number of nitrogens with one attached hydrogen (secondary N) is 1. The number of benzene rings is 2. The molecule has 2 aromatic rings. The van der Waals surface area contributed by atoms with E-state index in [2.05, 4.69) is 5.32 Å². The molecular weight excluding hydrogens is 322 g/mol. The highest BCUT2D eigenvalue weighted by molar-refractivity contribution is 5.97. The van der Waals surface area contributed by atoms with Crippen LogP contribution in [-0.4, -0.2) is 31.4 Å². The normalized spacial score (nSPS) is 19.0. The number of amides is 1. The van der Waals surface area contributed by atoms with Crippen LogP contribution < -0.4 is 10.1 Å². The largest absolute Gasteiger partial charge is 0.509 e. The van der Waals surface area contributed by atoms with E-state index in [9.17, 15) is 9.59 Å². The van der Waals surface area contributed by atoms with Crippen molar-refractivity contribution < 1.29 is 23.8 Å². The number of carbonyl (C=O) groups is 2. The molecule has 25 heavy (non-hydrogen) atoms. The maximum Gasteiger partial charge on any atom is 0.509 e. The monoisotopic (exact) mass is 341 g/mol. The van der Waals surface area contributed by atoms with Crippen LogP contribution in [0.1, 0.15) is 12.0 Å². The molecule has 0 radical (unpaired) electrons. The number of ether oxygens (including phenoxy) is 3. The average Bonchev–Trinajstić information content (AvgIpc) is 3.02. The standard InChI is InChI=1S/C19H19NO5/c1-23-15-10-6-5-9-14(15)20-18(21)17-16(24-19(22)25-17)12-11-13-7-3-2-4-8-13/h2-10,16-17H,11-12H2,1H3,(H,20,21)/t16-,17+/m0/s1. The highest BCUT2D eigenvalue weighted by Gasteiger charge is 2.41. The molecule has 0 aliphatic carbocycles. The van der Waals surface area contributed by atoms with Crippen molar-refractivity contribution in [1.82, 2.24) is 0 Å². The Morgan fingerprint density at radius 2 is 1.80 bits per heavy atom. The van der Waals surface area contributed by atoms with Crippen LogP contribution in [0.4, 0.5) is 10.5 Å². The summed E-state index contributed by atoms with van der Waals surface area (Å²) in [6.45, 7) is 0. The van der Waals surface area contributed by atoms with Gasteiger partial charge in [-0.3, -0.25) is 4.79 Å². The highest BCUT2D eigenvalue weighted by Crippen LogP contribution is 2.26. The van der Waals surface area contributed by atoms with E-state index in [1.54, 1.807) is 24.3 Å². The first-order valence-corrected chi connectivity index (χ1v) is 8.02. The number of rotatable bonds is 6. The van der Waals surface area contributed by atoms with Crippen molar-refractivity contribution in [3.8, 4) is 5.75 Å². The minimum absolute atomic E-state index is 0.437. The molecule has 6 nitrogen and oxygen atoms in total. The van der Waals surface area contributed by atoms with Crippen LogP contribution in [0, 0.1) is 0 Å². The lowest BCUT2D eigenvalue weighted by atomic mass is 10.0. The number of carbonyl (C=O) groups excluding carboxylic acids is 2. The van der Waals surface area contributed by atoms with Gasteiger partial charge in [-0.1, -0.05) is 42.5 Å². The van der Waals surface area contributed by atoms with Gasteiger partial charge in [0.05, 0.1) is 12.8 Å². The molecule has 1 aliphatic rings. The van der Waals surface area contributed by atoms with E-state index in [1.807, 2.05) is 30.3 Å².